The fourth-order valence-electron chi connectivity index (χ4n) is 4.92. The SMILES string of the molecule is Cc1ccc(C(=O)N[C@@H]2c3ccccc3[C@@H]3CN(Cc4cccc(F)c4)C[C@H]23)o1.O=C(O)C(F)(F)F. The quantitative estimate of drug-likeness (QED) is 0.486. The smallest absolute Gasteiger partial charge is 0.475 e. The second-order valence-corrected chi connectivity index (χ2v) is 8.89. The standard InChI is InChI=1S/C24H23FN2O2.C2HF3O2/c1-15-9-10-22(29-15)24(28)26-23-19-8-3-2-7-18(19)20-13-27(14-21(20)23)12-16-5-4-6-17(25)11-16;3-2(4,5)1(6)7/h2-11,20-21,23H,12-14H2,1H3,(H,26,28);(H,6,7)/t20-,21-,23+;/m0./s1. The third-order valence-electron chi connectivity index (χ3n) is 6.39. The number of rotatable bonds is 4. The largest absolute Gasteiger partial charge is 0.490 e. The third kappa shape index (κ3) is 5.59. The molecule has 1 amide bonds. The summed E-state index contributed by atoms with van der Waals surface area (Å²) in [4.78, 5) is 24.0. The first-order valence-corrected chi connectivity index (χ1v) is 11.3. The summed E-state index contributed by atoms with van der Waals surface area (Å²) in [7, 11) is 0. The molecule has 0 bridgehead atoms. The van der Waals surface area contributed by atoms with Crippen molar-refractivity contribution in [2.24, 2.45) is 5.92 Å². The van der Waals surface area contributed by atoms with Crippen LogP contribution < -0.4 is 5.32 Å². The first-order valence-electron chi connectivity index (χ1n) is 11.3. The van der Waals surface area contributed by atoms with Gasteiger partial charge in [-0.15, -0.1) is 0 Å². The van der Waals surface area contributed by atoms with E-state index in [0.29, 0.717) is 24.1 Å². The average molecular weight is 504 g/mol. The second-order valence-electron chi connectivity index (χ2n) is 8.89. The maximum atomic E-state index is 13.6. The first-order chi connectivity index (χ1) is 17.0. The zero-order valence-electron chi connectivity index (χ0n) is 19.3. The molecule has 5 rings (SSSR count). The number of likely N-dealkylation sites (tertiary alicyclic amines) is 1. The van der Waals surface area contributed by atoms with Gasteiger partial charge in [-0.05, 0) is 47.9 Å². The molecule has 1 saturated heterocycles. The molecule has 2 aromatic carbocycles. The maximum absolute atomic E-state index is 13.6. The van der Waals surface area contributed by atoms with Crippen LogP contribution >= 0.6 is 0 Å². The molecule has 1 aliphatic heterocycles. The van der Waals surface area contributed by atoms with Gasteiger partial charge in [0.15, 0.2) is 5.76 Å². The van der Waals surface area contributed by atoms with Gasteiger partial charge < -0.3 is 14.8 Å². The molecule has 0 saturated carbocycles. The number of nitrogens with one attached hydrogen (secondary N) is 1. The zero-order chi connectivity index (χ0) is 26.0. The van der Waals surface area contributed by atoms with Crippen molar-refractivity contribution < 1.29 is 36.7 Å². The van der Waals surface area contributed by atoms with E-state index < -0.39 is 12.1 Å². The summed E-state index contributed by atoms with van der Waals surface area (Å²) in [5.41, 5.74) is 3.48. The summed E-state index contributed by atoms with van der Waals surface area (Å²) >= 11 is 0. The van der Waals surface area contributed by atoms with E-state index >= 15 is 0 Å². The van der Waals surface area contributed by atoms with Crippen molar-refractivity contribution in [1.29, 1.82) is 0 Å². The Balaban J connectivity index is 0.000000384. The van der Waals surface area contributed by atoms with Crippen molar-refractivity contribution in [2.45, 2.75) is 31.6 Å². The Hall–Kier alpha value is -3.66. The first kappa shape index (κ1) is 25.4. The van der Waals surface area contributed by atoms with E-state index in [4.69, 9.17) is 14.3 Å². The number of aliphatic carboxylic acids is 1. The van der Waals surface area contributed by atoms with Crippen LogP contribution in [0.15, 0.2) is 65.1 Å². The topological polar surface area (TPSA) is 82.8 Å². The van der Waals surface area contributed by atoms with Crippen molar-refractivity contribution in [3.8, 4) is 0 Å². The lowest BCUT2D eigenvalue weighted by Crippen LogP contribution is -2.33. The van der Waals surface area contributed by atoms with E-state index in [0.717, 1.165) is 24.4 Å². The Labute approximate surface area is 204 Å². The van der Waals surface area contributed by atoms with Crippen LogP contribution in [0.4, 0.5) is 17.6 Å². The summed E-state index contributed by atoms with van der Waals surface area (Å²) in [6.45, 7) is 4.31. The van der Waals surface area contributed by atoms with Gasteiger partial charge in [0.25, 0.3) is 5.91 Å². The van der Waals surface area contributed by atoms with E-state index in [2.05, 4.69) is 28.4 Å². The van der Waals surface area contributed by atoms with Crippen LogP contribution in [-0.4, -0.2) is 41.1 Å². The van der Waals surface area contributed by atoms with Crippen LogP contribution in [0, 0.1) is 18.7 Å². The molecule has 0 unspecified atom stereocenters. The van der Waals surface area contributed by atoms with Crippen LogP contribution in [0.3, 0.4) is 0 Å². The lowest BCUT2D eigenvalue weighted by Gasteiger charge is -2.22. The minimum Gasteiger partial charge on any atom is -0.475 e. The molecule has 190 valence electrons. The van der Waals surface area contributed by atoms with Crippen molar-refractivity contribution in [1.82, 2.24) is 10.2 Å². The van der Waals surface area contributed by atoms with Crippen LogP contribution in [0.5, 0.6) is 0 Å². The summed E-state index contributed by atoms with van der Waals surface area (Å²) in [6, 6.07) is 18.6. The molecule has 10 heteroatoms. The Bertz CT molecular complexity index is 1260. The van der Waals surface area contributed by atoms with E-state index in [1.807, 2.05) is 19.1 Å². The molecular formula is C26H24F4N2O4. The maximum Gasteiger partial charge on any atom is 0.490 e. The minimum atomic E-state index is -5.08. The fourth-order valence-corrected chi connectivity index (χ4v) is 4.92. The molecule has 2 N–H and O–H groups in total. The number of carbonyl (C=O) groups is 2. The molecular weight excluding hydrogens is 480 g/mol. The van der Waals surface area contributed by atoms with Crippen molar-refractivity contribution >= 4 is 11.9 Å². The second kappa shape index (κ2) is 10.1. The number of fused-ring (bicyclic) bond motifs is 3. The number of amides is 1. The molecule has 0 spiro atoms. The lowest BCUT2D eigenvalue weighted by molar-refractivity contribution is -0.192. The van der Waals surface area contributed by atoms with Crippen LogP contribution in [-0.2, 0) is 11.3 Å². The molecule has 6 nitrogen and oxygen atoms in total. The van der Waals surface area contributed by atoms with Gasteiger partial charge in [0, 0.05) is 31.5 Å². The zero-order valence-corrected chi connectivity index (χ0v) is 19.3. The number of furan rings is 1. The van der Waals surface area contributed by atoms with Gasteiger partial charge in [-0.2, -0.15) is 13.2 Å². The van der Waals surface area contributed by atoms with Crippen LogP contribution in [0.1, 0.15) is 45.0 Å². The van der Waals surface area contributed by atoms with Crippen molar-refractivity contribution in [3.63, 3.8) is 0 Å². The van der Waals surface area contributed by atoms with E-state index in [-0.39, 0.29) is 17.8 Å². The number of carbonyl (C=O) groups excluding carboxylic acids is 1. The molecule has 2 heterocycles. The summed E-state index contributed by atoms with van der Waals surface area (Å²) in [5, 5.41) is 10.3. The number of halogens is 4. The number of benzene rings is 2. The molecule has 1 aromatic heterocycles. The Kier molecular flexibility index (Phi) is 7.16. The number of carboxylic acid groups (broad SMARTS) is 1. The van der Waals surface area contributed by atoms with Crippen LogP contribution in [0.25, 0.3) is 0 Å². The van der Waals surface area contributed by atoms with Gasteiger partial charge in [-0.25, -0.2) is 9.18 Å². The number of hydrogen-bond donors (Lipinski definition) is 2. The highest BCUT2D eigenvalue weighted by atomic mass is 19.4. The summed E-state index contributed by atoms with van der Waals surface area (Å²) in [6.07, 6.45) is -5.08. The molecule has 3 aromatic rings. The minimum absolute atomic E-state index is 0.0494. The predicted octanol–water partition coefficient (Wildman–Crippen LogP) is 5.06. The van der Waals surface area contributed by atoms with Crippen molar-refractivity contribution in [2.75, 3.05) is 13.1 Å². The van der Waals surface area contributed by atoms with Crippen molar-refractivity contribution in [3.05, 3.63) is 94.7 Å². The molecule has 3 atom stereocenters. The predicted molar refractivity (Wildman–Crippen MR) is 122 cm³/mol. The van der Waals surface area contributed by atoms with E-state index in [1.54, 1.807) is 24.3 Å². The number of aryl methyl sites for hydroxylation is 1. The number of alkyl halides is 3. The van der Waals surface area contributed by atoms with Crippen LogP contribution in [0.2, 0.25) is 0 Å². The highest BCUT2D eigenvalue weighted by molar-refractivity contribution is 5.92. The van der Waals surface area contributed by atoms with Gasteiger partial charge in [-0.1, -0.05) is 36.4 Å². The van der Waals surface area contributed by atoms with E-state index in [1.165, 1.54) is 17.2 Å². The number of carboxylic acids is 1. The van der Waals surface area contributed by atoms with Gasteiger partial charge in [0.05, 0.1) is 6.04 Å². The molecule has 1 fully saturated rings. The average Bonchev–Trinajstić information content (AvgIpc) is 3.49. The molecule has 2 aliphatic rings. The molecule has 0 radical (unpaired) electrons. The van der Waals surface area contributed by atoms with Gasteiger partial charge in [0.1, 0.15) is 11.6 Å². The highest BCUT2D eigenvalue weighted by Gasteiger charge is 2.46. The number of hydrogen-bond acceptors (Lipinski definition) is 4. The normalized spacial score (nSPS) is 20.8. The Morgan fingerprint density at radius 2 is 1.75 bits per heavy atom. The summed E-state index contributed by atoms with van der Waals surface area (Å²) < 4.78 is 50.8. The third-order valence-corrected chi connectivity index (χ3v) is 6.39. The lowest BCUT2D eigenvalue weighted by atomic mass is 9.94. The monoisotopic (exact) mass is 504 g/mol. The van der Waals surface area contributed by atoms with Gasteiger partial charge in [0.2, 0.25) is 0 Å². The van der Waals surface area contributed by atoms with Gasteiger partial charge in [-0.3, -0.25) is 9.69 Å². The number of nitrogens with zero attached hydrogens (tertiary/aromatic N) is 1. The van der Waals surface area contributed by atoms with E-state index in [9.17, 15) is 22.4 Å². The van der Waals surface area contributed by atoms with Gasteiger partial charge >= 0.3 is 12.1 Å². The Morgan fingerprint density at radius 1 is 1.06 bits per heavy atom. The summed E-state index contributed by atoms with van der Waals surface area (Å²) in [5.74, 6) is -1.41. The fraction of sp³-hybridized carbons (Fsp3) is 0.308. The highest BCUT2D eigenvalue weighted by Crippen LogP contribution is 2.49. The Morgan fingerprint density at radius 3 is 2.36 bits per heavy atom. The molecule has 1 aliphatic carbocycles. The molecule has 36 heavy (non-hydrogen) atoms.